The lowest BCUT2D eigenvalue weighted by molar-refractivity contribution is -0.149. The largest absolute Gasteiger partial charge is 0.499 e. The average molecular weight is 341 g/mol. The lowest BCUT2D eigenvalue weighted by Crippen LogP contribution is -2.39. The molecule has 1 aliphatic heterocycles. The zero-order chi connectivity index (χ0) is 17.4. The van der Waals surface area contributed by atoms with Crippen LogP contribution < -0.4 is 10.7 Å². The van der Waals surface area contributed by atoms with Gasteiger partial charge in [-0.3, -0.25) is 4.79 Å². The Morgan fingerprint density at radius 3 is 2.88 bits per heavy atom. The molecule has 1 aromatic rings. The van der Waals surface area contributed by atoms with Gasteiger partial charge in [-0.05, 0) is 55.7 Å². The molecule has 4 rings (SSSR count). The van der Waals surface area contributed by atoms with Crippen molar-refractivity contribution in [2.24, 2.45) is 5.92 Å². The zero-order valence-electron chi connectivity index (χ0n) is 15.2. The smallest absolute Gasteiger partial charge is 0.308 e. The van der Waals surface area contributed by atoms with E-state index in [0.717, 1.165) is 50.5 Å². The molecular formula is C21H27NO3. The van der Waals surface area contributed by atoms with Gasteiger partial charge in [0.05, 0.1) is 24.5 Å². The number of ether oxygens (including phenoxy) is 2. The first-order valence-electron chi connectivity index (χ1n) is 9.60. The second-order valence-electron chi connectivity index (χ2n) is 7.40. The van der Waals surface area contributed by atoms with Gasteiger partial charge in [0.15, 0.2) is 0 Å². The molecule has 0 bridgehead atoms. The standard InChI is InChI=1S/C21H27NO3/c1-3-14-5-9-21(10-6-15(7-11-21)20(23)25-4-2)18-16-8-12-24-13-17(16)22-19(14)18/h5,9,13,15,22H,3-4,6-8,10-12H2,1-2H3. The van der Waals surface area contributed by atoms with E-state index in [1.54, 1.807) is 0 Å². The summed E-state index contributed by atoms with van der Waals surface area (Å²) in [6.45, 7) is 5.31. The predicted octanol–water partition coefficient (Wildman–Crippen LogP) is 2.45. The van der Waals surface area contributed by atoms with Crippen LogP contribution in [0.4, 0.5) is 0 Å². The van der Waals surface area contributed by atoms with Crippen molar-refractivity contribution in [1.29, 1.82) is 0 Å². The molecule has 1 spiro atoms. The second kappa shape index (κ2) is 6.40. The molecule has 1 saturated carbocycles. The van der Waals surface area contributed by atoms with E-state index in [1.165, 1.54) is 22.0 Å². The van der Waals surface area contributed by atoms with Crippen molar-refractivity contribution >= 4 is 17.8 Å². The highest BCUT2D eigenvalue weighted by molar-refractivity contribution is 5.73. The van der Waals surface area contributed by atoms with Crippen LogP contribution in [-0.2, 0) is 26.1 Å². The fraction of sp³-hybridized carbons (Fsp3) is 0.571. The quantitative estimate of drug-likeness (QED) is 0.859. The molecule has 1 N–H and O–H groups in total. The van der Waals surface area contributed by atoms with Gasteiger partial charge in [0, 0.05) is 17.2 Å². The summed E-state index contributed by atoms with van der Waals surface area (Å²) in [5, 5.41) is 2.43. The van der Waals surface area contributed by atoms with Crippen LogP contribution in [0.15, 0.2) is 12.2 Å². The van der Waals surface area contributed by atoms with Crippen LogP contribution in [0.1, 0.15) is 57.1 Å². The number of hydrogen-bond acceptors (Lipinski definition) is 3. The minimum absolute atomic E-state index is 0.0176. The summed E-state index contributed by atoms with van der Waals surface area (Å²) in [6.07, 6.45) is 12.4. The number of aromatic amines is 1. The monoisotopic (exact) mass is 341 g/mol. The normalized spacial score (nSPS) is 27.3. The van der Waals surface area contributed by atoms with Crippen molar-refractivity contribution < 1.29 is 14.3 Å². The van der Waals surface area contributed by atoms with Gasteiger partial charge in [-0.15, -0.1) is 0 Å². The van der Waals surface area contributed by atoms with Crippen LogP contribution in [-0.4, -0.2) is 24.2 Å². The van der Waals surface area contributed by atoms with Crippen LogP contribution in [0, 0.1) is 5.92 Å². The molecule has 1 fully saturated rings. The number of nitrogens with one attached hydrogen (secondary N) is 1. The van der Waals surface area contributed by atoms with Gasteiger partial charge in [-0.1, -0.05) is 19.1 Å². The molecule has 134 valence electrons. The first kappa shape index (κ1) is 16.5. The highest BCUT2D eigenvalue weighted by Crippen LogP contribution is 2.44. The highest BCUT2D eigenvalue weighted by atomic mass is 16.5. The van der Waals surface area contributed by atoms with Crippen LogP contribution in [0.5, 0.6) is 0 Å². The van der Waals surface area contributed by atoms with Gasteiger partial charge < -0.3 is 14.5 Å². The Kier molecular flexibility index (Phi) is 4.22. The number of esters is 1. The molecule has 2 heterocycles. The van der Waals surface area contributed by atoms with Gasteiger partial charge in [0.2, 0.25) is 0 Å². The van der Waals surface area contributed by atoms with E-state index >= 15 is 0 Å². The van der Waals surface area contributed by atoms with E-state index in [1.807, 2.05) is 13.2 Å². The van der Waals surface area contributed by atoms with E-state index in [2.05, 4.69) is 24.1 Å². The van der Waals surface area contributed by atoms with E-state index < -0.39 is 0 Å². The Bertz CT molecular complexity index is 822. The molecule has 25 heavy (non-hydrogen) atoms. The van der Waals surface area contributed by atoms with Gasteiger partial charge in [0.1, 0.15) is 6.26 Å². The number of carbonyl (C=O) groups excluding carboxylic acids is 1. The van der Waals surface area contributed by atoms with Crippen molar-refractivity contribution in [3.05, 3.63) is 34.0 Å². The summed E-state index contributed by atoms with van der Waals surface area (Å²) < 4.78 is 10.8. The van der Waals surface area contributed by atoms with E-state index in [0.29, 0.717) is 6.61 Å². The van der Waals surface area contributed by atoms with Crippen LogP contribution in [0.25, 0.3) is 11.8 Å². The van der Waals surface area contributed by atoms with Gasteiger partial charge in [-0.25, -0.2) is 0 Å². The van der Waals surface area contributed by atoms with Crippen molar-refractivity contribution in [2.75, 3.05) is 13.2 Å². The Labute approximate surface area is 148 Å². The number of hydrogen-bond donors (Lipinski definition) is 1. The number of H-pyrrole nitrogens is 1. The van der Waals surface area contributed by atoms with Crippen LogP contribution >= 0.6 is 0 Å². The number of allylic oxidation sites excluding steroid dienone is 2. The maximum Gasteiger partial charge on any atom is 0.308 e. The first-order chi connectivity index (χ1) is 12.2. The number of aromatic nitrogens is 1. The Balaban J connectivity index is 1.73. The minimum atomic E-state index is -0.0176. The van der Waals surface area contributed by atoms with Gasteiger partial charge in [0.25, 0.3) is 0 Å². The molecule has 0 amide bonds. The Morgan fingerprint density at radius 2 is 2.16 bits per heavy atom. The van der Waals surface area contributed by atoms with Crippen molar-refractivity contribution in [1.82, 2.24) is 4.98 Å². The third kappa shape index (κ3) is 2.62. The molecule has 4 nitrogen and oxygen atoms in total. The first-order valence-corrected chi connectivity index (χ1v) is 9.60. The molecule has 0 unspecified atom stereocenters. The van der Waals surface area contributed by atoms with E-state index in [-0.39, 0.29) is 17.3 Å². The summed E-state index contributed by atoms with van der Waals surface area (Å²) in [4.78, 5) is 15.7. The van der Waals surface area contributed by atoms with Crippen molar-refractivity contribution in [3.63, 3.8) is 0 Å². The number of carbonyl (C=O) groups is 1. The number of fused-ring (bicyclic) bond motifs is 4. The zero-order valence-corrected chi connectivity index (χ0v) is 15.2. The fourth-order valence-corrected chi connectivity index (χ4v) is 4.78. The topological polar surface area (TPSA) is 51.3 Å². The maximum atomic E-state index is 12.1. The van der Waals surface area contributed by atoms with Gasteiger partial charge >= 0.3 is 5.97 Å². The van der Waals surface area contributed by atoms with Crippen molar-refractivity contribution in [3.8, 4) is 0 Å². The molecule has 2 aliphatic carbocycles. The predicted molar refractivity (Wildman–Crippen MR) is 97.3 cm³/mol. The molecule has 4 heteroatoms. The second-order valence-corrected chi connectivity index (χ2v) is 7.40. The lowest BCUT2D eigenvalue weighted by Gasteiger charge is -2.40. The molecule has 0 atom stereocenters. The molecule has 0 aromatic carbocycles. The van der Waals surface area contributed by atoms with Crippen LogP contribution in [0.2, 0.25) is 0 Å². The number of rotatable bonds is 3. The highest BCUT2D eigenvalue weighted by Gasteiger charge is 2.41. The minimum Gasteiger partial charge on any atom is -0.499 e. The fourth-order valence-electron chi connectivity index (χ4n) is 4.78. The molecule has 3 aliphatic rings. The third-order valence-electron chi connectivity index (χ3n) is 6.11. The molecule has 0 saturated heterocycles. The summed E-state index contributed by atoms with van der Waals surface area (Å²) in [5.74, 6) is 0.0413. The van der Waals surface area contributed by atoms with Crippen molar-refractivity contribution in [2.45, 2.75) is 57.8 Å². The third-order valence-corrected chi connectivity index (χ3v) is 6.11. The maximum absolute atomic E-state index is 12.1. The summed E-state index contributed by atoms with van der Waals surface area (Å²) >= 11 is 0. The van der Waals surface area contributed by atoms with E-state index in [4.69, 9.17) is 9.47 Å². The van der Waals surface area contributed by atoms with Crippen LogP contribution in [0.3, 0.4) is 0 Å². The van der Waals surface area contributed by atoms with E-state index in [9.17, 15) is 4.79 Å². The molecule has 0 radical (unpaired) electrons. The molecular weight excluding hydrogens is 314 g/mol. The molecule has 1 aromatic heterocycles. The summed E-state index contributed by atoms with van der Waals surface area (Å²) in [7, 11) is 0. The SMILES string of the molecule is CCOC(=O)C1CCC2(C=CC(CC)=c3[nH]c4c(c32)CCOC=4)CC1. The average Bonchev–Trinajstić information content (AvgIpc) is 3.04. The lowest BCUT2D eigenvalue weighted by atomic mass is 9.64. The summed E-state index contributed by atoms with van der Waals surface area (Å²) in [6, 6.07) is 0. The Hall–Kier alpha value is -1.97. The Morgan fingerprint density at radius 1 is 1.36 bits per heavy atom. The van der Waals surface area contributed by atoms with Gasteiger partial charge in [-0.2, -0.15) is 0 Å². The summed E-state index contributed by atoms with van der Waals surface area (Å²) in [5.41, 5.74) is 4.33.